The van der Waals surface area contributed by atoms with Gasteiger partial charge >= 0.3 is 0 Å². The number of thiazole rings is 1. The minimum atomic E-state index is -0.00168. The van der Waals surface area contributed by atoms with Crippen LogP contribution in [-0.2, 0) is 11.2 Å². The molecule has 1 aromatic heterocycles. The van der Waals surface area contributed by atoms with Gasteiger partial charge in [0.2, 0.25) is 5.91 Å². The molecule has 3 nitrogen and oxygen atoms in total. The third-order valence-corrected chi connectivity index (χ3v) is 4.06. The lowest BCUT2D eigenvalue weighted by molar-refractivity contribution is -0.116. The summed E-state index contributed by atoms with van der Waals surface area (Å²) in [6.45, 7) is 5.98. The van der Waals surface area contributed by atoms with Crippen molar-refractivity contribution >= 4 is 22.4 Å². The molecular formula is C16H20N2OS. The van der Waals surface area contributed by atoms with Gasteiger partial charge < -0.3 is 0 Å². The summed E-state index contributed by atoms with van der Waals surface area (Å²) in [5.74, 6) is 0.661. The maximum atomic E-state index is 11.3. The average Bonchev–Trinajstić information content (AvgIpc) is 2.87. The molecule has 0 saturated heterocycles. The molecule has 0 aliphatic heterocycles. The van der Waals surface area contributed by atoms with Crippen LogP contribution in [0.3, 0.4) is 0 Å². The second-order valence-electron chi connectivity index (χ2n) is 5.39. The second-order valence-corrected chi connectivity index (χ2v) is 6.22. The van der Waals surface area contributed by atoms with Crippen LogP contribution >= 0.6 is 11.3 Å². The maximum Gasteiger partial charge on any atom is 0.225 e. The molecule has 2 rings (SSSR count). The molecule has 106 valence electrons. The lowest BCUT2D eigenvalue weighted by atomic mass is 10.0. The molecule has 2 aromatic rings. The molecule has 1 aromatic carbocycles. The van der Waals surface area contributed by atoms with Gasteiger partial charge in [0.1, 0.15) is 0 Å². The summed E-state index contributed by atoms with van der Waals surface area (Å²) < 4.78 is 0. The number of carbonyl (C=O) groups excluding carboxylic acids is 1. The van der Waals surface area contributed by atoms with Gasteiger partial charge in [-0.1, -0.05) is 38.1 Å². The molecule has 0 fully saturated rings. The zero-order valence-corrected chi connectivity index (χ0v) is 13.2. The number of hydrogen-bond donors (Lipinski definition) is 0. The molecule has 4 heteroatoms. The van der Waals surface area contributed by atoms with Crippen molar-refractivity contribution in [3.05, 3.63) is 35.2 Å². The molecule has 0 aliphatic rings. The number of nitrogens with zero attached hydrogens (tertiary/aromatic N) is 2. The fraction of sp³-hybridized carbons (Fsp3) is 0.375. The van der Waals surface area contributed by atoms with Crippen LogP contribution in [0.5, 0.6) is 0 Å². The van der Waals surface area contributed by atoms with E-state index in [1.807, 2.05) is 5.38 Å². The molecule has 20 heavy (non-hydrogen) atoms. The van der Waals surface area contributed by atoms with Gasteiger partial charge in [-0.15, -0.1) is 11.3 Å². The predicted molar refractivity (Wildman–Crippen MR) is 85.2 cm³/mol. The van der Waals surface area contributed by atoms with E-state index in [1.165, 1.54) is 16.9 Å². The first kappa shape index (κ1) is 14.7. The van der Waals surface area contributed by atoms with E-state index in [-0.39, 0.29) is 5.91 Å². The second kappa shape index (κ2) is 6.18. The normalized spacial score (nSPS) is 10.8. The number of anilines is 1. The highest BCUT2D eigenvalue weighted by atomic mass is 32.1. The van der Waals surface area contributed by atoms with Gasteiger partial charge in [-0.2, -0.15) is 0 Å². The Kier molecular flexibility index (Phi) is 4.55. The van der Waals surface area contributed by atoms with Crippen molar-refractivity contribution in [2.24, 2.45) is 5.92 Å². The molecule has 0 radical (unpaired) electrons. The van der Waals surface area contributed by atoms with E-state index in [2.05, 4.69) is 43.1 Å². The van der Waals surface area contributed by atoms with Crippen molar-refractivity contribution in [1.82, 2.24) is 4.98 Å². The van der Waals surface area contributed by atoms with Crippen molar-refractivity contribution in [1.29, 1.82) is 0 Å². The topological polar surface area (TPSA) is 33.2 Å². The molecule has 0 saturated carbocycles. The number of rotatable bonds is 4. The van der Waals surface area contributed by atoms with Crippen LogP contribution in [0, 0.1) is 5.92 Å². The standard InChI is InChI=1S/C16H20N2OS/c1-11(2)9-13-5-7-14(8-6-13)15-10-20-16(17-15)18(4)12(3)19/h5-8,10-11H,9H2,1-4H3. The Hall–Kier alpha value is -1.68. The van der Waals surface area contributed by atoms with E-state index in [0.29, 0.717) is 5.92 Å². The van der Waals surface area contributed by atoms with Crippen LogP contribution in [0.15, 0.2) is 29.6 Å². The fourth-order valence-electron chi connectivity index (χ4n) is 1.97. The van der Waals surface area contributed by atoms with Gasteiger partial charge in [-0.05, 0) is 17.9 Å². The lowest BCUT2D eigenvalue weighted by Crippen LogP contribution is -2.22. The van der Waals surface area contributed by atoms with Gasteiger partial charge in [-0.3, -0.25) is 9.69 Å². The van der Waals surface area contributed by atoms with E-state index >= 15 is 0 Å². The number of amides is 1. The van der Waals surface area contributed by atoms with Gasteiger partial charge in [0.15, 0.2) is 5.13 Å². The van der Waals surface area contributed by atoms with Crippen molar-refractivity contribution < 1.29 is 4.79 Å². The molecule has 0 unspecified atom stereocenters. The quantitative estimate of drug-likeness (QED) is 0.852. The Morgan fingerprint density at radius 2 is 1.95 bits per heavy atom. The Labute approximate surface area is 124 Å². The van der Waals surface area contributed by atoms with Crippen LogP contribution in [0.2, 0.25) is 0 Å². The molecule has 0 atom stereocenters. The highest BCUT2D eigenvalue weighted by Gasteiger charge is 2.11. The zero-order valence-electron chi connectivity index (χ0n) is 12.4. The number of aromatic nitrogens is 1. The average molecular weight is 288 g/mol. The first-order chi connectivity index (χ1) is 9.47. The van der Waals surface area contributed by atoms with Gasteiger partial charge in [0.05, 0.1) is 5.69 Å². The summed E-state index contributed by atoms with van der Waals surface area (Å²) in [7, 11) is 1.75. The fourth-order valence-corrected chi connectivity index (χ4v) is 2.81. The number of benzene rings is 1. The summed E-state index contributed by atoms with van der Waals surface area (Å²) in [6, 6.07) is 8.51. The van der Waals surface area contributed by atoms with Gasteiger partial charge in [-0.25, -0.2) is 4.98 Å². The molecule has 1 amide bonds. The Balaban J connectivity index is 2.18. The van der Waals surface area contributed by atoms with E-state index in [4.69, 9.17) is 0 Å². The van der Waals surface area contributed by atoms with E-state index in [0.717, 1.165) is 22.8 Å². The monoisotopic (exact) mass is 288 g/mol. The lowest BCUT2D eigenvalue weighted by Gasteiger charge is -2.09. The predicted octanol–water partition coefficient (Wildman–Crippen LogP) is 3.99. The largest absolute Gasteiger partial charge is 0.291 e. The number of carbonyl (C=O) groups is 1. The summed E-state index contributed by atoms with van der Waals surface area (Å²) in [6.07, 6.45) is 1.09. The van der Waals surface area contributed by atoms with Crippen LogP contribution in [0.4, 0.5) is 5.13 Å². The Bertz CT molecular complexity index is 587. The summed E-state index contributed by atoms with van der Waals surface area (Å²) in [5.41, 5.74) is 3.37. The van der Waals surface area contributed by atoms with Crippen molar-refractivity contribution in [3.63, 3.8) is 0 Å². The minimum absolute atomic E-state index is 0.00168. The van der Waals surface area contributed by atoms with Crippen molar-refractivity contribution in [2.45, 2.75) is 27.2 Å². The summed E-state index contributed by atoms with van der Waals surface area (Å²) >= 11 is 1.49. The van der Waals surface area contributed by atoms with Crippen LogP contribution in [0.25, 0.3) is 11.3 Å². The molecule has 0 spiro atoms. The van der Waals surface area contributed by atoms with E-state index < -0.39 is 0 Å². The highest BCUT2D eigenvalue weighted by molar-refractivity contribution is 7.14. The first-order valence-corrected chi connectivity index (χ1v) is 7.64. The van der Waals surface area contributed by atoms with Gasteiger partial charge in [0.25, 0.3) is 0 Å². The minimum Gasteiger partial charge on any atom is -0.291 e. The Morgan fingerprint density at radius 3 is 2.50 bits per heavy atom. The number of hydrogen-bond acceptors (Lipinski definition) is 3. The summed E-state index contributed by atoms with van der Waals surface area (Å²) in [5, 5.41) is 2.73. The highest BCUT2D eigenvalue weighted by Crippen LogP contribution is 2.27. The Morgan fingerprint density at radius 1 is 1.30 bits per heavy atom. The maximum absolute atomic E-state index is 11.3. The van der Waals surface area contributed by atoms with Gasteiger partial charge in [0, 0.05) is 24.9 Å². The first-order valence-electron chi connectivity index (χ1n) is 6.76. The van der Waals surface area contributed by atoms with Crippen LogP contribution in [0.1, 0.15) is 26.3 Å². The molecule has 0 N–H and O–H groups in total. The molecule has 0 aliphatic carbocycles. The van der Waals surface area contributed by atoms with Crippen LogP contribution < -0.4 is 4.90 Å². The third-order valence-electron chi connectivity index (χ3n) is 3.14. The SMILES string of the molecule is CC(=O)N(C)c1nc(-c2ccc(CC(C)C)cc2)cs1. The van der Waals surface area contributed by atoms with E-state index in [1.54, 1.807) is 18.9 Å². The third kappa shape index (κ3) is 3.45. The van der Waals surface area contributed by atoms with Crippen LogP contribution in [-0.4, -0.2) is 17.9 Å². The molecular weight excluding hydrogens is 268 g/mol. The summed E-state index contributed by atoms with van der Waals surface area (Å²) in [4.78, 5) is 17.4. The van der Waals surface area contributed by atoms with Crippen molar-refractivity contribution in [2.75, 3.05) is 11.9 Å². The van der Waals surface area contributed by atoms with E-state index in [9.17, 15) is 4.79 Å². The molecule has 0 bridgehead atoms. The zero-order chi connectivity index (χ0) is 14.7. The smallest absolute Gasteiger partial charge is 0.225 e. The van der Waals surface area contributed by atoms with Crippen molar-refractivity contribution in [3.8, 4) is 11.3 Å². The molecule has 1 heterocycles.